The van der Waals surface area contributed by atoms with Crippen molar-refractivity contribution in [2.45, 2.75) is 26.7 Å². The van der Waals surface area contributed by atoms with Gasteiger partial charge in [0.2, 0.25) is 0 Å². The second-order valence-electron chi connectivity index (χ2n) is 8.64. The number of pyridine rings is 1. The van der Waals surface area contributed by atoms with Crippen molar-refractivity contribution in [2.24, 2.45) is 5.41 Å². The Kier molecular flexibility index (Phi) is 5.45. The number of hydrogen-bond donors (Lipinski definition) is 1. The molecule has 0 fully saturated rings. The van der Waals surface area contributed by atoms with E-state index in [4.69, 9.17) is 16.9 Å². The van der Waals surface area contributed by atoms with E-state index in [0.29, 0.717) is 45.9 Å². The van der Waals surface area contributed by atoms with Gasteiger partial charge in [0.05, 0.1) is 11.6 Å². The molecule has 1 aliphatic carbocycles. The average molecular weight is 446 g/mol. The van der Waals surface area contributed by atoms with Gasteiger partial charge in [0.1, 0.15) is 5.56 Å². The lowest BCUT2D eigenvalue weighted by Gasteiger charge is -2.31. The van der Waals surface area contributed by atoms with E-state index in [9.17, 15) is 14.4 Å². The van der Waals surface area contributed by atoms with Gasteiger partial charge in [0, 0.05) is 34.6 Å². The fourth-order valence-electron chi connectivity index (χ4n) is 4.03. The van der Waals surface area contributed by atoms with Crippen LogP contribution in [0.1, 0.15) is 52.1 Å². The lowest BCUT2D eigenvalue weighted by Crippen LogP contribution is -2.37. The molecule has 0 saturated carbocycles. The second kappa shape index (κ2) is 8.10. The van der Waals surface area contributed by atoms with Crippen LogP contribution in [-0.2, 0) is 6.42 Å². The van der Waals surface area contributed by atoms with Crippen LogP contribution in [0.5, 0.6) is 0 Å². The number of halogens is 1. The summed E-state index contributed by atoms with van der Waals surface area (Å²) in [7, 11) is 0. The van der Waals surface area contributed by atoms with Crippen LogP contribution in [0.4, 0.5) is 5.69 Å². The first-order valence-electron chi connectivity index (χ1n) is 10.1. The smallest absolute Gasteiger partial charge is 0.268 e. The SMILES string of the molecule is CC1(C)CC(=O)c2cn(-c3ccc(Cl)cc3)c(=O)c(C(=O)Nc3cccc(C#N)c3)c2C1. The fraction of sp³-hybridized carbons (Fsp3) is 0.200. The number of Topliss-reactive ketones (excluding diaryl/α,β-unsaturated/α-hetero) is 1. The van der Waals surface area contributed by atoms with Crippen LogP contribution in [-0.4, -0.2) is 16.3 Å². The van der Waals surface area contributed by atoms with Crippen molar-refractivity contribution >= 4 is 29.0 Å². The van der Waals surface area contributed by atoms with Gasteiger partial charge in [-0.3, -0.25) is 19.0 Å². The predicted octanol–water partition coefficient (Wildman–Crippen LogP) is 4.77. The van der Waals surface area contributed by atoms with Gasteiger partial charge in [0.15, 0.2) is 5.78 Å². The Morgan fingerprint density at radius 3 is 2.53 bits per heavy atom. The highest BCUT2D eigenvalue weighted by atomic mass is 35.5. The first-order valence-corrected chi connectivity index (χ1v) is 10.5. The van der Waals surface area contributed by atoms with Crippen LogP contribution in [0.25, 0.3) is 5.69 Å². The van der Waals surface area contributed by atoms with Crippen molar-refractivity contribution in [3.63, 3.8) is 0 Å². The van der Waals surface area contributed by atoms with E-state index in [1.807, 2.05) is 19.9 Å². The van der Waals surface area contributed by atoms with E-state index >= 15 is 0 Å². The largest absolute Gasteiger partial charge is 0.322 e. The molecule has 1 N–H and O–H groups in total. The van der Waals surface area contributed by atoms with Crippen molar-refractivity contribution in [2.75, 3.05) is 5.32 Å². The minimum Gasteiger partial charge on any atom is -0.322 e. The van der Waals surface area contributed by atoms with Gasteiger partial charge in [-0.05, 0) is 59.9 Å². The molecular formula is C25H20ClN3O3. The molecule has 1 heterocycles. The number of fused-ring (bicyclic) bond motifs is 1. The molecule has 6 nitrogen and oxygen atoms in total. The minimum absolute atomic E-state index is 0.0686. The van der Waals surface area contributed by atoms with Crippen LogP contribution in [0.2, 0.25) is 5.02 Å². The number of amides is 1. The Hall–Kier alpha value is -3.69. The van der Waals surface area contributed by atoms with E-state index < -0.39 is 11.5 Å². The van der Waals surface area contributed by atoms with Gasteiger partial charge >= 0.3 is 0 Å². The third-order valence-electron chi connectivity index (χ3n) is 5.49. The number of benzene rings is 2. The third-order valence-corrected chi connectivity index (χ3v) is 5.75. The molecule has 1 aromatic heterocycles. The number of carbonyl (C=O) groups is 2. The quantitative estimate of drug-likeness (QED) is 0.628. The number of carbonyl (C=O) groups excluding carboxylic acids is 2. The molecule has 32 heavy (non-hydrogen) atoms. The molecule has 0 unspecified atom stereocenters. The molecule has 160 valence electrons. The first-order chi connectivity index (χ1) is 15.2. The van der Waals surface area contributed by atoms with Crippen molar-refractivity contribution in [3.05, 3.63) is 92.4 Å². The van der Waals surface area contributed by atoms with Gasteiger partial charge in [-0.15, -0.1) is 0 Å². The van der Waals surface area contributed by atoms with Gasteiger partial charge in [-0.2, -0.15) is 5.26 Å². The second-order valence-corrected chi connectivity index (χ2v) is 9.07. The van der Waals surface area contributed by atoms with Crippen LogP contribution < -0.4 is 10.9 Å². The summed E-state index contributed by atoms with van der Waals surface area (Å²) >= 11 is 5.98. The third kappa shape index (κ3) is 4.08. The minimum atomic E-state index is -0.616. The molecule has 0 bridgehead atoms. The molecular weight excluding hydrogens is 426 g/mol. The van der Waals surface area contributed by atoms with Crippen molar-refractivity contribution in [3.8, 4) is 11.8 Å². The number of nitrogens with zero attached hydrogens (tertiary/aromatic N) is 2. The van der Waals surface area contributed by atoms with Crippen LogP contribution in [0.15, 0.2) is 59.5 Å². The molecule has 0 saturated heterocycles. The lowest BCUT2D eigenvalue weighted by atomic mass is 9.73. The number of aromatic nitrogens is 1. The fourth-order valence-corrected chi connectivity index (χ4v) is 4.16. The lowest BCUT2D eigenvalue weighted by molar-refractivity contribution is 0.0910. The van der Waals surface area contributed by atoms with Crippen LogP contribution >= 0.6 is 11.6 Å². The molecule has 4 rings (SSSR count). The zero-order chi connectivity index (χ0) is 23.0. The average Bonchev–Trinajstić information content (AvgIpc) is 2.73. The molecule has 3 aromatic rings. The summed E-state index contributed by atoms with van der Waals surface area (Å²) in [4.78, 5) is 39.8. The van der Waals surface area contributed by atoms with Crippen molar-refractivity contribution in [1.82, 2.24) is 4.57 Å². The van der Waals surface area contributed by atoms with Crippen LogP contribution in [0, 0.1) is 16.7 Å². The number of anilines is 1. The Morgan fingerprint density at radius 1 is 1.12 bits per heavy atom. The number of hydrogen-bond acceptors (Lipinski definition) is 4. The zero-order valence-corrected chi connectivity index (χ0v) is 18.4. The Labute approximate surface area is 190 Å². The van der Waals surface area contributed by atoms with Crippen LogP contribution in [0.3, 0.4) is 0 Å². The summed E-state index contributed by atoms with van der Waals surface area (Å²) in [6.45, 7) is 3.88. The number of nitriles is 1. The van der Waals surface area contributed by atoms with E-state index in [0.717, 1.165) is 0 Å². The maximum absolute atomic E-state index is 13.5. The Morgan fingerprint density at radius 2 is 1.84 bits per heavy atom. The maximum Gasteiger partial charge on any atom is 0.268 e. The first kappa shape index (κ1) is 21.5. The topological polar surface area (TPSA) is 92.0 Å². The van der Waals surface area contributed by atoms with Gasteiger partial charge in [-0.25, -0.2) is 0 Å². The highest BCUT2D eigenvalue weighted by molar-refractivity contribution is 6.30. The molecule has 1 amide bonds. The van der Waals surface area contributed by atoms with Crippen molar-refractivity contribution in [1.29, 1.82) is 5.26 Å². The van der Waals surface area contributed by atoms with Gasteiger partial charge in [-0.1, -0.05) is 31.5 Å². The molecule has 2 aromatic carbocycles. The summed E-state index contributed by atoms with van der Waals surface area (Å²) in [6.07, 6.45) is 2.27. The normalized spacial score (nSPS) is 14.4. The molecule has 1 aliphatic rings. The molecule has 0 atom stereocenters. The van der Waals surface area contributed by atoms with E-state index in [-0.39, 0.29) is 16.8 Å². The van der Waals surface area contributed by atoms with E-state index in [2.05, 4.69) is 5.32 Å². The molecule has 0 spiro atoms. The monoisotopic (exact) mass is 445 g/mol. The summed E-state index contributed by atoms with van der Waals surface area (Å²) < 4.78 is 1.31. The maximum atomic E-state index is 13.5. The molecule has 0 radical (unpaired) electrons. The summed E-state index contributed by atoms with van der Waals surface area (Å²) in [5.41, 5.74) is 1.13. The highest BCUT2D eigenvalue weighted by Gasteiger charge is 2.36. The standard InChI is InChI=1S/C25H20ClN3O3/c1-25(2)11-19-20(21(30)12-25)14-29(18-8-6-16(26)7-9-18)24(32)22(19)23(31)28-17-5-3-4-15(10-17)13-27/h3-10,14H,11-12H2,1-2H3,(H,28,31). The predicted molar refractivity (Wildman–Crippen MR) is 123 cm³/mol. The zero-order valence-electron chi connectivity index (χ0n) is 17.6. The number of ketones is 1. The molecule has 0 aliphatic heterocycles. The van der Waals surface area contributed by atoms with Gasteiger partial charge < -0.3 is 5.32 Å². The summed E-state index contributed by atoms with van der Waals surface area (Å²) in [5, 5.41) is 12.3. The summed E-state index contributed by atoms with van der Waals surface area (Å²) in [6, 6.07) is 15.1. The van der Waals surface area contributed by atoms with Gasteiger partial charge in [0.25, 0.3) is 11.5 Å². The Bertz CT molecular complexity index is 1350. The highest BCUT2D eigenvalue weighted by Crippen LogP contribution is 2.36. The number of nitrogens with one attached hydrogen (secondary N) is 1. The molecule has 7 heteroatoms. The van der Waals surface area contributed by atoms with E-state index in [1.165, 1.54) is 16.8 Å². The summed E-state index contributed by atoms with van der Waals surface area (Å²) in [5.74, 6) is -0.727. The van der Waals surface area contributed by atoms with Crippen molar-refractivity contribution < 1.29 is 9.59 Å². The Balaban J connectivity index is 1.90. The number of rotatable bonds is 3. The van der Waals surface area contributed by atoms with E-state index in [1.54, 1.807) is 42.5 Å².